The number of hydrogen-bond donors (Lipinski definition) is 1. The molecule has 2 aromatic rings. The molecule has 0 unspecified atom stereocenters. The first-order chi connectivity index (χ1) is 10.1. The molecule has 7 nitrogen and oxygen atoms in total. The molecule has 0 aliphatic heterocycles. The lowest BCUT2D eigenvalue weighted by Crippen LogP contribution is -2.42. The fourth-order valence-electron chi connectivity index (χ4n) is 2.63. The van der Waals surface area contributed by atoms with Crippen LogP contribution in [0.15, 0.2) is 9.59 Å². The highest BCUT2D eigenvalue weighted by Gasteiger charge is 2.18. The van der Waals surface area contributed by atoms with E-state index in [-0.39, 0.29) is 24.3 Å². The second-order valence-corrected chi connectivity index (χ2v) is 5.11. The van der Waals surface area contributed by atoms with Gasteiger partial charge in [-0.05, 0) is 20.3 Å². The number of nitrogens with two attached hydrogens (primary N) is 1. The monoisotopic (exact) mass is 293 g/mol. The number of hydrogen-bond acceptors (Lipinski definition) is 4. The van der Waals surface area contributed by atoms with E-state index in [2.05, 4.69) is 11.9 Å². The Hall–Kier alpha value is -1.89. The average molecular weight is 293 g/mol. The van der Waals surface area contributed by atoms with E-state index in [0.29, 0.717) is 24.3 Å². The van der Waals surface area contributed by atoms with Crippen LogP contribution in [-0.4, -0.2) is 25.2 Å². The lowest BCUT2D eigenvalue weighted by molar-refractivity contribution is 0.550. The Balaban J connectivity index is 2.86. The van der Waals surface area contributed by atoms with Crippen molar-refractivity contribution in [1.82, 2.24) is 18.7 Å². The minimum Gasteiger partial charge on any atom is -0.329 e. The number of imidazole rings is 1. The van der Waals surface area contributed by atoms with Crippen molar-refractivity contribution in [3.05, 3.63) is 26.7 Å². The largest absolute Gasteiger partial charge is 0.332 e. The Morgan fingerprint density at radius 1 is 1.10 bits per heavy atom. The Morgan fingerprint density at radius 3 is 2.38 bits per heavy atom. The first-order valence-electron chi connectivity index (χ1n) is 7.47. The maximum Gasteiger partial charge on any atom is 0.332 e. The van der Waals surface area contributed by atoms with Crippen molar-refractivity contribution in [2.75, 3.05) is 6.54 Å². The van der Waals surface area contributed by atoms with Crippen LogP contribution < -0.4 is 17.0 Å². The molecule has 2 N–H and O–H groups in total. The van der Waals surface area contributed by atoms with Gasteiger partial charge in [0.05, 0.1) is 0 Å². The molecule has 7 heteroatoms. The molecule has 0 bridgehead atoms. The maximum atomic E-state index is 12.6. The van der Waals surface area contributed by atoms with Gasteiger partial charge in [0, 0.05) is 26.2 Å². The van der Waals surface area contributed by atoms with Gasteiger partial charge in [0.1, 0.15) is 5.82 Å². The van der Waals surface area contributed by atoms with Crippen LogP contribution >= 0.6 is 0 Å². The van der Waals surface area contributed by atoms with Crippen molar-refractivity contribution >= 4 is 11.2 Å². The summed E-state index contributed by atoms with van der Waals surface area (Å²) in [6.45, 7) is 7.57. The molecule has 0 radical (unpaired) electrons. The summed E-state index contributed by atoms with van der Waals surface area (Å²) in [7, 11) is 0. The third-order valence-corrected chi connectivity index (χ3v) is 3.71. The van der Waals surface area contributed by atoms with Crippen molar-refractivity contribution in [2.45, 2.75) is 53.2 Å². The third-order valence-electron chi connectivity index (χ3n) is 3.71. The summed E-state index contributed by atoms with van der Waals surface area (Å²) in [6.07, 6.45) is 1.84. The topological polar surface area (TPSA) is 87.8 Å². The Labute approximate surface area is 123 Å². The van der Waals surface area contributed by atoms with Crippen molar-refractivity contribution < 1.29 is 0 Å². The van der Waals surface area contributed by atoms with Crippen LogP contribution in [0.5, 0.6) is 0 Å². The van der Waals surface area contributed by atoms with E-state index >= 15 is 0 Å². The molecule has 116 valence electrons. The standard InChI is InChI=1S/C14H23N5O2/c1-4-6-8-18-12-11(17(5-2)10(3)16-12)13(20)19(9-7-15)14(18)21/h4-9,15H2,1-3H3. The van der Waals surface area contributed by atoms with Gasteiger partial charge >= 0.3 is 5.69 Å². The van der Waals surface area contributed by atoms with Gasteiger partial charge in [-0.25, -0.2) is 9.78 Å². The molecule has 2 heterocycles. The maximum absolute atomic E-state index is 12.6. The summed E-state index contributed by atoms with van der Waals surface area (Å²) >= 11 is 0. The van der Waals surface area contributed by atoms with Crippen LogP contribution in [0.2, 0.25) is 0 Å². The summed E-state index contributed by atoms with van der Waals surface area (Å²) in [5.41, 5.74) is 5.92. The van der Waals surface area contributed by atoms with Crippen LogP contribution in [0.25, 0.3) is 11.2 Å². The number of fused-ring (bicyclic) bond motifs is 1. The molecule has 2 rings (SSSR count). The SMILES string of the molecule is CCCCn1c(=O)n(CCN)c(=O)c2c1nc(C)n2CC. The van der Waals surface area contributed by atoms with Crippen LogP contribution in [0.1, 0.15) is 32.5 Å². The van der Waals surface area contributed by atoms with Crippen LogP contribution in [0.3, 0.4) is 0 Å². The van der Waals surface area contributed by atoms with Gasteiger partial charge in [0.15, 0.2) is 11.2 Å². The quantitative estimate of drug-likeness (QED) is 0.837. The van der Waals surface area contributed by atoms with Gasteiger partial charge in [-0.15, -0.1) is 0 Å². The first kappa shape index (κ1) is 15.5. The summed E-state index contributed by atoms with van der Waals surface area (Å²) < 4.78 is 4.69. The lowest BCUT2D eigenvalue weighted by atomic mass is 10.3. The molecule has 2 aromatic heterocycles. The molecule has 0 aliphatic carbocycles. The van der Waals surface area contributed by atoms with E-state index in [9.17, 15) is 9.59 Å². The number of nitrogens with zero attached hydrogens (tertiary/aromatic N) is 4. The van der Waals surface area contributed by atoms with E-state index < -0.39 is 0 Å². The normalized spacial score (nSPS) is 11.4. The second-order valence-electron chi connectivity index (χ2n) is 5.11. The van der Waals surface area contributed by atoms with Crippen LogP contribution in [0, 0.1) is 6.92 Å². The lowest BCUT2D eigenvalue weighted by Gasteiger charge is -2.11. The van der Waals surface area contributed by atoms with Gasteiger partial charge in [-0.3, -0.25) is 13.9 Å². The van der Waals surface area contributed by atoms with Crippen molar-refractivity contribution in [3.8, 4) is 0 Å². The van der Waals surface area contributed by atoms with Gasteiger partial charge in [-0.1, -0.05) is 13.3 Å². The molecule has 21 heavy (non-hydrogen) atoms. The fraction of sp³-hybridized carbons (Fsp3) is 0.643. The van der Waals surface area contributed by atoms with Gasteiger partial charge in [-0.2, -0.15) is 0 Å². The van der Waals surface area contributed by atoms with E-state index in [4.69, 9.17) is 5.73 Å². The molecule has 0 saturated heterocycles. The number of aromatic nitrogens is 4. The van der Waals surface area contributed by atoms with Crippen molar-refractivity contribution in [3.63, 3.8) is 0 Å². The Kier molecular flexibility index (Phi) is 4.62. The van der Waals surface area contributed by atoms with Crippen molar-refractivity contribution in [2.24, 2.45) is 5.73 Å². The first-order valence-corrected chi connectivity index (χ1v) is 7.47. The summed E-state index contributed by atoms with van der Waals surface area (Å²) in [5.74, 6) is 0.750. The van der Waals surface area contributed by atoms with Gasteiger partial charge in [0.2, 0.25) is 0 Å². The van der Waals surface area contributed by atoms with E-state index in [1.54, 1.807) is 4.57 Å². The van der Waals surface area contributed by atoms with Gasteiger partial charge in [0.25, 0.3) is 5.56 Å². The Morgan fingerprint density at radius 2 is 1.81 bits per heavy atom. The predicted octanol–water partition coefficient (Wildman–Crippen LogP) is 0.447. The molecular weight excluding hydrogens is 270 g/mol. The third kappa shape index (κ3) is 2.53. The second kappa shape index (κ2) is 6.26. The zero-order valence-corrected chi connectivity index (χ0v) is 12.9. The van der Waals surface area contributed by atoms with Crippen LogP contribution in [0.4, 0.5) is 0 Å². The van der Waals surface area contributed by atoms with Gasteiger partial charge < -0.3 is 10.3 Å². The molecule has 0 fully saturated rings. The fourth-order valence-corrected chi connectivity index (χ4v) is 2.63. The molecule has 0 aliphatic rings. The highest BCUT2D eigenvalue weighted by molar-refractivity contribution is 5.71. The predicted molar refractivity (Wildman–Crippen MR) is 82.6 cm³/mol. The molecule has 0 aromatic carbocycles. The average Bonchev–Trinajstić information content (AvgIpc) is 2.80. The smallest absolute Gasteiger partial charge is 0.329 e. The highest BCUT2D eigenvalue weighted by atomic mass is 16.2. The highest BCUT2D eigenvalue weighted by Crippen LogP contribution is 2.11. The molecule has 0 atom stereocenters. The van der Waals surface area contributed by atoms with E-state index in [1.165, 1.54) is 4.57 Å². The molecule has 0 amide bonds. The van der Waals surface area contributed by atoms with Crippen molar-refractivity contribution in [1.29, 1.82) is 0 Å². The summed E-state index contributed by atoms with van der Waals surface area (Å²) in [6, 6.07) is 0. The van der Waals surface area contributed by atoms with E-state index in [1.807, 2.05) is 18.4 Å². The zero-order valence-electron chi connectivity index (χ0n) is 12.9. The molecule has 0 saturated carbocycles. The zero-order chi connectivity index (χ0) is 15.6. The minimum atomic E-state index is -0.313. The van der Waals surface area contributed by atoms with E-state index in [0.717, 1.165) is 18.7 Å². The summed E-state index contributed by atoms with van der Waals surface area (Å²) in [5, 5.41) is 0. The molecule has 0 spiro atoms. The van der Waals surface area contributed by atoms with Crippen LogP contribution in [-0.2, 0) is 19.6 Å². The molecular formula is C14H23N5O2. The number of unbranched alkanes of at least 4 members (excludes halogenated alkanes) is 1. The number of aryl methyl sites for hydroxylation is 3. The number of rotatable bonds is 6. The Bertz CT molecular complexity index is 753. The minimum absolute atomic E-state index is 0.230. The summed E-state index contributed by atoms with van der Waals surface area (Å²) in [4.78, 5) is 29.6.